The molecule has 2 aromatic carbocycles. The van der Waals surface area contributed by atoms with E-state index in [0.29, 0.717) is 23.6 Å². The van der Waals surface area contributed by atoms with Crippen LogP contribution in [-0.2, 0) is 13.2 Å². The van der Waals surface area contributed by atoms with Crippen molar-refractivity contribution >= 4 is 11.6 Å². The van der Waals surface area contributed by atoms with Crippen molar-refractivity contribution in [2.24, 2.45) is 0 Å². The predicted molar refractivity (Wildman–Crippen MR) is 127 cm³/mol. The normalized spacial score (nSPS) is 10.9. The minimum absolute atomic E-state index is 0.188. The average molecular weight is 445 g/mol. The van der Waals surface area contributed by atoms with Gasteiger partial charge in [-0.2, -0.15) is 5.10 Å². The quantitative estimate of drug-likeness (QED) is 0.419. The topological polar surface area (TPSA) is 82.2 Å². The van der Waals surface area contributed by atoms with Gasteiger partial charge in [0.2, 0.25) is 0 Å². The van der Waals surface area contributed by atoms with E-state index in [9.17, 15) is 4.79 Å². The summed E-state index contributed by atoms with van der Waals surface area (Å²) in [4.78, 5) is 13.1. The van der Waals surface area contributed by atoms with Gasteiger partial charge in [-0.05, 0) is 51.8 Å². The van der Waals surface area contributed by atoms with E-state index in [0.717, 1.165) is 28.3 Å². The molecular weight excluding hydrogens is 416 g/mol. The van der Waals surface area contributed by atoms with E-state index in [2.05, 4.69) is 33.8 Å². The molecule has 4 rings (SSSR count). The van der Waals surface area contributed by atoms with Gasteiger partial charge in [-0.25, -0.2) is 0 Å². The first-order valence-corrected chi connectivity index (χ1v) is 10.9. The molecule has 0 fully saturated rings. The largest absolute Gasteiger partial charge is 0.488 e. The van der Waals surface area contributed by atoms with E-state index in [1.54, 1.807) is 6.92 Å². The van der Waals surface area contributed by atoms with Crippen LogP contribution in [0.1, 0.15) is 49.9 Å². The van der Waals surface area contributed by atoms with Crippen molar-refractivity contribution in [1.29, 1.82) is 0 Å². The van der Waals surface area contributed by atoms with Crippen LogP contribution in [-0.4, -0.2) is 20.8 Å². The lowest BCUT2D eigenvalue weighted by Crippen LogP contribution is -2.16. The van der Waals surface area contributed by atoms with E-state index < -0.39 is 0 Å². The number of nitrogens with one attached hydrogen (secondary N) is 1. The van der Waals surface area contributed by atoms with E-state index in [1.807, 2.05) is 62.7 Å². The van der Waals surface area contributed by atoms with Gasteiger partial charge in [0, 0.05) is 0 Å². The van der Waals surface area contributed by atoms with Crippen LogP contribution in [0.2, 0.25) is 0 Å². The average Bonchev–Trinajstić information content (AvgIpc) is 3.28. The number of carbonyl (C=O) groups excluding carboxylic acids is 1. The number of anilines is 1. The molecular formula is C26H28N4O3. The van der Waals surface area contributed by atoms with Crippen LogP contribution in [0.15, 0.2) is 53.1 Å². The molecule has 4 aromatic rings. The summed E-state index contributed by atoms with van der Waals surface area (Å²) in [6.07, 6.45) is 0. The Morgan fingerprint density at radius 2 is 1.82 bits per heavy atom. The molecule has 0 unspecified atom stereocenters. The van der Waals surface area contributed by atoms with Crippen molar-refractivity contribution < 1.29 is 14.1 Å². The number of nitrogens with zero attached hydrogens (tertiary/aromatic N) is 3. The van der Waals surface area contributed by atoms with Crippen LogP contribution in [0.4, 0.5) is 5.69 Å². The maximum absolute atomic E-state index is 13.1. The van der Waals surface area contributed by atoms with Crippen LogP contribution in [0.25, 0.3) is 0 Å². The van der Waals surface area contributed by atoms with Gasteiger partial charge in [-0.15, -0.1) is 0 Å². The highest BCUT2D eigenvalue weighted by Crippen LogP contribution is 2.25. The van der Waals surface area contributed by atoms with Crippen molar-refractivity contribution in [1.82, 2.24) is 14.9 Å². The standard InChI is InChI=1S/C26H28N4O3/c1-16-11-12-23(17(2)13-16)32-15-22-20(5)33-29-25(22)26(31)27-24-18(3)28-30(19(24)4)14-21-9-7-6-8-10-21/h6-13H,14-15H2,1-5H3,(H,27,31). The minimum atomic E-state index is -0.350. The van der Waals surface area contributed by atoms with Crippen molar-refractivity contribution in [3.63, 3.8) is 0 Å². The number of carbonyl (C=O) groups is 1. The second-order valence-corrected chi connectivity index (χ2v) is 8.27. The molecule has 0 atom stereocenters. The lowest BCUT2D eigenvalue weighted by atomic mass is 10.1. The van der Waals surface area contributed by atoms with E-state index in [1.165, 1.54) is 5.56 Å². The molecule has 0 aliphatic rings. The number of aromatic nitrogens is 3. The highest BCUT2D eigenvalue weighted by Gasteiger charge is 2.23. The predicted octanol–water partition coefficient (Wildman–Crippen LogP) is 5.29. The van der Waals surface area contributed by atoms with Crippen molar-refractivity contribution in [2.75, 3.05) is 5.32 Å². The van der Waals surface area contributed by atoms with Gasteiger partial charge in [-0.1, -0.05) is 53.2 Å². The maximum atomic E-state index is 13.1. The fraction of sp³-hybridized carbons (Fsp3) is 0.269. The fourth-order valence-corrected chi connectivity index (χ4v) is 3.81. The zero-order chi connectivity index (χ0) is 23.5. The Kier molecular flexibility index (Phi) is 6.31. The van der Waals surface area contributed by atoms with E-state index in [-0.39, 0.29) is 18.2 Å². The Labute approximate surface area is 193 Å². The molecule has 2 heterocycles. The minimum Gasteiger partial charge on any atom is -0.488 e. The van der Waals surface area contributed by atoms with Crippen molar-refractivity contribution in [2.45, 2.75) is 47.8 Å². The van der Waals surface area contributed by atoms with Crippen LogP contribution in [0.5, 0.6) is 5.75 Å². The van der Waals surface area contributed by atoms with Crippen molar-refractivity contribution in [3.05, 3.63) is 93.6 Å². The van der Waals surface area contributed by atoms with Gasteiger partial charge < -0.3 is 14.6 Å². The number of ether oxygens (including phenoxy) is 1. The lowest BCUT2D eigenvalue weighted by Gasteiger charge is -2.10. The molecule has 0 bridgehead atoms. The molecule has 0 saturated heterocycles. The zero-order valence-corrected chi connectivity index (χ0v) is 19.6. The summed E-state index contributed by atoms with van der Waals surface area (Å²) < 4.78 is 13.2. The van der Waals surface area contributed by atoms with Gasteiger partial charge in [0.25, 0.3) is 5.91 Å². The summed E-state index contributed by atoms with van der Waals surface area (Å²) in [6, 6.07) is 16.1. The first-order valence-electron chi connectivity index (χ1n) is 10.9. The Hall–Kier alpha value is -3.87. The molecule has 2 aromatic heterocycles. The maximum Gasteiger partial charge on any atom is 0.278 e. The SMILES string of the molecule is Cc1ccc(OCc2c(C(=O)Nc3c(C)nn(Cc4ccccc4)c3C)noc2C)c(C)c1. The number of rotatable bonds is 7. The number of hydrogen-bond donors (Lipinski definition) is 1. The lowest BCUT2D eigenvalue weighted by molar-refractivity contribution is 0.101. The highest BCUT2D eigenvalue weighted by atomic mass is 16.5. The molecule has 170 valence electrons. The number of hydrogen-bond acceptors (Lipinski definition) is 5. The summed E-state index contributed by atoms with van der Waals surface area (Å²) in [5, 5.41) is 11.6. The molecule has 7 heteroatoms. The van der Waals surface area contributed by atoms with Crippen molar-refractivity contribution in [3.8, 4) is 5.75 Å². The second-order valence-electron chi connectivity index (χ2n) is 8.27. The second kappa shape index (κ2) is 9.32. The van der Waals surface area contributed by atoms with Gasteiger partial charge in [0.1, 0.15) is 18.1 Å². The third kappa shape index (κ3) is 4.82. The summed E-state index contributed by atoms with van der Waals surface area (Å²) in [7, 11) is 0. The van der Waals surface area contributed by atoms with Gasteiger partial charge in [0.15, 0.2) is 5.69 Å². The summed E-state index contributed by atoms with van der Waals surface area (Å²) in [5.74, 6) is 0.969. The number of benzene rings is 2. The van der Waals surface area contributed by atoms with Gasteiger partial charge >= 0.3 is 0 Å². The number of aryl methyl sites for hydroxylation is 4. The molecule has 0 radical (unpaired) electrons. The van der Waals surface area contributed by atoms with Crippen LogP contribution >= 0.6 is 0 Å². The summed E-state index contributed by atoms with van der Waals surface area (Å²) in [6.45, 7) is 10.4. The molecule has 0 aliphatic carbocycles. The van der Waals surface area contributed by atoms with Gasteiger partial charge in [-0.3, -0.25) is 9.48 Å². The van der Waals surface area contributed by atoms with Crippen LogP contribution in [0.3, 0.4) is 0 Å². The molecule has 0 spiro atoms. The number of amides is 1. The highest BCUT2D eigenvalue weighted by molar-refractivity contribution is 6.04. The first kappa shape index (κ1) is 22.3. The van der Waals surface area contributed by atoms with Gasteiger partial charge in [0.05, 0.1) is 29.2 Å². The molecule has 0 aliphatic heterocycles. The molecule has 1 amide bonds. The molecule has 0 saturated carbocycles. The summed E-state index contributed by atoms with van der Waals surface area (Å²) >= 11 is 0. The third-order valence-corrected chi connectivity index (χ3v) is 5.70. The monoisotopic (exact) mass is 444 g/mol. The third-order valence-electron chi connectivity index (χ3n) is 5.70. The first-order chi connectivity index (χ1) is 15.8. The Balaban J connectivity index is 1.51. The summed E-state index contributed by atoms with van der Waals surface area (Å²) in [5.41, 5.74) is 6.47. The molecule has 33 heavy (non-hydrogen) atoms. The van der Waals surface area contributed by atoms with Crippen LogP contribution in [0, 0.1) is 34.6 Å². The smallest absolute Gasteiger partial charge is 0.278 e. The van der Waals surface area contributed by atoms with E-state index in [4.69, 9.17) is 9.26 Å². The van der Waals surface area contributed by atoms with Crippen LogP contribution < -0.4 is 10.1 Å². The Morgan fingerprint density at radius 1 is 1.06 bits per heavy atom. The zero-order valence-electron chi connectivity index (χ0n) is 19.6. The molecule has 1 N–H and O–H groups in total. The fourth-order valence-electron chi connectivity index (χ4n) is 3.81. The molecule has 7 nitrogen and oxygen atoms in total. The Bertz CT molecular complexity index is 1290. The van der Waals surface area contributed by atoms with E-state index >= 15 is 0 Å². The Morgan fingerprint density at radius 3 is 2.55 bits per heavy atom.